The van der Waals surface area contributed by atoms with Crippen LogP contribution in [0.5, 0.6) is 0 Å². The zero-order valence-corrected chi connectivity index (χ0v) is 9.79. The van der Waals surface area contributed by atoms with Crippen LogP contribution >= 0.6 is 0 Å². The Labute approximate surface area is 88.1 Å². The first kappa shape index (κ1) is 10.4. The molecule has 0 bridgehead atoms. The molecule has 2 rings (SSSR count). The minimum atomic E-state index is 0.746. The molecule has 4 unspecified atom stereocenters. The molecule has 0 aromatic rings. The highest BCUT2D eigenvalue weighted by Gasteiger charge is 2.30. The SMILES string of the molecule is CC1CCC(NC2CN(C)CC2C)C1. The average Bonchev–Trinajstić information content (AvgIpc) is 2.61. The van der Waals surface area contributed by atoms with Gasteiger partial charge in [0, 0.05) is 25.2 Å². The molecule has 0 amide bonds. The highest BCUT2D eigenvalue weighted by atomic mass is 15.2. The van der Waals surface area contributed by atoms with Gasteiger partial charge >= 0.3 is 0 Å². The number of hydrogen-bond acceptors (Lipinski definition) is 2. The van der Waals surface area contributed by atoms with Crippen LogP contribution in [0.3, 0.4) is 0 Å². The highest BCUT2D eigenvalue weighted by Crippen LogP contribution is 2.26. The summed E-state index contributed by atoms with van der Waals surface area (Å²) in [5.74, 6) is 1.78. The molecule has 2 nitrogen and oxygen atoms in total. The fraction of sp³-hybridized carbons (Fsp3) is 1.00. The summed E-state index contributed by atoms with van der Waals surface area (Å²) in [6, 6.07) is 1.55. The molecule has 1 aliphatic carbocycles. The maximum atomic E-state index is 3.85. The molecule has 0 aromatic heterocycles. The van der Waals surface area contributed by atoms with Gasteiger partial charge in [0.1, 0.15) is 0 Å². The second-order valence-electron chi connectivity index (χ2n) is 5.59. The number of likely N-dealkylation sites (N-methyl/N-ethyl adjacent to an activating group) is 1. The van der Waals surface area contributed by atoms with Crippen molar-refractivity contribution in [1.29, 1.82) is 0 Å². The van der Waals surface area contributed by atoms with E-state index in [9.17, 15) is 0 Å². The number of hydrogen-bond donors (Lipinski definition) is 1. The molecule has 14 heavy (non-hydrogen) atoms. The van der Waals surface area contributed by atoms with Crippen LogP contribution in [0.4, 0.5) is 0 Å². The van der Waals surface area contributed by atoms with Crippen LogP contribution in [-0.4, -0.2) is 37.1 Å². The third kappa shape index (κ3) is 2.29. The number of likely N-dealkylation sites (tertiary alicyclic amines) is 1. The molecular weight excluding hydrogens is 172 g/mol. The van der Waals surface area contributed by atoms with E-state index in [0.29, 0.717) is 0 Å². The number of nitrogens with zero attached hydrogens (tertiary/aromatic N) is 1. The van der Waals surface area contributed by atoms with Gasteiger partial charge in [-0.25, -0.2) is 0 Å². The van der Waals surface area contributed by atoms with Gasteiger partial charge in [-0.1, -0.05) is 13.8 Å². The van der Waals surface area contributed by atoms with Crippen molar-refractivity contribution < 1.29 is 0 Å². The molecule has 1 saturated heterocycles. The zero-order chi connectivity index (χ0) is 10.1. The van der Waals surface area contributed by atoms with Crippen molar-refractivity contribution in [3.63, 3.8) is 0 Å². The van der Waals surface area contributed by atoms with Crippen LogP contribution < -0.4 is 5.32 Å². The van der Waals surface area contributed by atoms with Crippen LogP contribution in [0.2, 0.25) is 0 Å². The Morgan fingerprint density at radius 3 is 2.43 bits per heavy atom. The Morgan fingerprint density at radius 1 is 1.14 bits per heavy atom. The molecule has 1 aliphatic heterocycles. The summed E-state index contributed by atoms with van der Waals surface area (Å²) >= 11 is 0. The average molecular weight is 196 g/mol. The maximum Gasteiger partial charge on any atom is 0.0235 e. The van der Waals surface area contributed by atoms with Crippen molar-refractivity contribution in [2.45, 2.75) is 45.2 Å². The molecule has 0 spiro atoms. The second-order valence-corrected chi connectivity index (χ2v) is 5.59. The van der Waals surface area contributed by atoms with Crippen LogP contribution in [0.1, 0.15) is 33.1 Å². The number of rotatable bonds is 2. The van der Waals surface area contributed by atoms with E-state index in [-0.39, 0.29) is 0 Å². The van der Waals surface area contributed by atoms with Gasteiger partial charge in [-0.3, -0.25) is 0 Å². The van der Waals surface area contributed by atoms with Gasteiger partial charge in [0.05, 0.1) is 0 Å². The maximum absolute atomic E-state index is 3.85. The van der Waals surface area contributed by atoms with Crippen molar-refractivity contribution >= 4 is 0 Å². The van der Waals surface area contributed by atoms with Gasteiger partial charge < -0.3 is 10.2 Å². The fourth-order valence-electron chi connectivity index (χ4n) is 3.09. The lowest BCUT2D eigenvalue weighted by Gasteiger charge is -2.21. The van der Waals surface area contributed by atoms with E-state index in [0.717, 1.165) is 23.9 Å². The summed E-state index contributed by atoms with van der Waals surface area (Å²) in [6.07, 6.45) is 4.22. The summed E-state index contributed by atoms with van der Waals surface area (Å²) in [5.41, 5.74) is 0. The van der Waals surface area contributed by atoms with Gasteiger partial charge in [-0.15, -0.1) is 0 Å². The van der Waals surface area contributed by atoms with Crippen molar-refractivity contribution in [2.75, 3.05) is 20.1 Å². The predicted octanol–water partition coefficient (Wildman–Crippen LogP) is 1.71. The van der Waals surface area contributed by atoms with Crippen molar-refractivity contribution in [3.05, 3.63) is 0 Å². The monoisotopic (exact) mass is 196 g/mol. The van der Waals surface area contributed by atoms with E-state index in [2.05, 4.69) is 31.1 Å². The van der Waals surface area contributed by atoms with Crippen molar-refractivity contribution in [2.24, 2.45) is 11.8 Å². The second kappa shape index (κ2) is 4.19. The lowest BCUT2D eigenvalue weighted by Crippen LogP contribution is -2.41. The van der Waals surface area contributed by atoms with E-state index in [1.165, 1.54) is 32.4 Å². The van der Waals surface area contributed by atoms with Gasteiger partial charge in [0.25, 0.3) is 0 Å². The molecule has 1 heterocycles. The molecule has 2 aliphatic rings. The molecule has 82 valence electrons. The molecule has 2 heteroatoms. The van der Waals surface area contributed by atoms with Gasteiger partial charge in [0.15, 0.2) is 0 Å². The molecule has 0 aromatic carbocycles. The third-order valence-corrected chi connectivity index (χ3v) is 3.94. The van der Waals surface area contributed by atoms with Gasteiger partial charge in [-0.2, -0.15) is 0 Å². The fourth-order valence-corrected chi connectivity index (χ4v) is 3.09. The third-order valence-electron chi connectivity index (χ3n) is 3.94. The topological polar surface area (TPSA) is 15.3 Å². The Bertz CT molecular complexity index is 193. The summed E-state index contributed by atoms with van der Waals surface area (Å²) in [4.78, 5) is 2.45. The Kier molecular flexibility index (Phi) is 3.13. The van der Waals surface area contributed by atoms with Crippen LogP contribution in [-0.2, 0) is 0 Å². The number of nitrogens with one attached hydrogen (secondary N) is 1. The lowest BCUT2D eigenvalue weighted by atomic mass is 10.0. The Balaban J connectivity index is 1.80. The van der Waals surface area contributed by atoms with E-state index in [4.69, 9.17) is 0 Å². The van der Waals surface area contributed by atoms with Crippen molar-refractivity contribution in [3.8, 4) is 0 Å². The summed E-state index contributed by atoms with van der Waals surface area (Å²) in [6.45, 7) is 7.26. The molecule has 0 radical (unpaired) electrons. The van der Waals surface area contributed by atoms with E-state index in [1.54, 1.807) is 0 Å². The van der Waals surface area contributed by atoms with Gasteiger partial charge in [0.2, 0.25) is 0 Å². The summed E-state index contributed by atoms with van der Waals surface area (Å²) in [5, 5.41) is 3.85. The molecular formula is C12H24N2. The first-order valence-electron chi connectivity index (χ1n) is 6.09. The van der Waals surface area contributed by atoms with E-state index < -0.39 is 0 Å². The van der Waals surface area contributed by atoms with Crippen LogP contribution in [0.15, 0.2) is 0 Å². The lowest BCUT2D eigenvalue weighted by molar-refractivity contribution is 0.373. The normalized spacial score (nSPS) is 44.8. The smallest absolute Gasteiger partial charge is 0.0235 e. The molecule has 2 fully saturated rings. The summed E-state index contributed by atoms with van der Waals surface area (Å²) < 4.78 is 0. The minimum absolute atomic E-state index is 0.746. The van der Waals surface area contributed by atoms with E-state index >= 15 is 0 Å². The molecule has 1 saturated carbocycles. The Hall–Kier alpha value is -0.0800. The first-order valence-corrected chi connectivity index (χ1v) is 6.09. The summed E-state index contributed by atoms with van der Waals surface area (Å²) in [7, 11) is 2.23. The highest BCUT2D eigenvalue weighted by molar-refractivity contribution is 4.89. The van der Waals surface area contributed by atoms with E-state index in [1.807, 2.05) is 0 Å². The Morgan fingerprint density at radius 2 is 1.93 bits per heavy atom. The first-order chi connectivity index (χ1) is 6.65. The molecule has 4 atom stereocenters. The zero-order valence-electron chi connectivity index (χ0n) is 9.79. The van der Waals surface area contributed by atoms with Gasteiger partial charge in [-0.05, 0) is 38.1 Å². The largest absolute Gasteiger partial charge is 0.310 e. The standard InChI is InChI=1S/C12H24N2/c1-9-4-5-11(6-9)13-12-8-14(3)7-10(12)2/h9-13H,4-8H2,1-3H3. The minimum Gasteiger partial charge on any atom is -0.310 e. The van der Waals surface area contributed by atoms with Crippen molar-refractivity contribution in [1.82, 2.24) is 10.2 Å². The quantitative estimate of drug-likeness (QED) is 0.723. The molecule has 1 N–H and O–H groups in total. The van der Waals surface area contributed by atoms with Crippen LogP contribution in [0, 0.1) is 11.8 Å². The predicted molar refractivity (Wildman–Crippen MR) is 60.4 cm³/mol. The van der Waals surface area contributed by atoms with Crippen LogP contribution in [0.25, 0.3) is 0 Å².